The van der Waals surface area contributed by atoms with E-state index in [4.69, 9.17) is 22.9 Å². The first kappa shape index (κ1) is 8.13. The van der Waals surface area contributed by atoms with Crippen molar-refractivity contribution in [3.05, 3.63) is 15.6 Å². The van der Waals surface area contributed by atoms with Crippen molar-refractivity contribution in [3.8, 4) is 0 Å². The highest BCUT2D eigenvalue weighted by Crippen LogP contribution is 2.19. The van der Waals surface area contributed by atoms with E-state index in [0.717, 1.165) is 0 Å². The SMILES string of the molecule is [N-]=[N+]=S1C(N)=NC(Cl)=C1C=O. The van der Waals surface area contributed by atoms with Crippen molar-refractivity contribution in [1.82, 2.24) is 4.16 Å². The van der Waals surface area contributed by atoms with Crippen LogP contribution in [0.3, 0.4) is 0 Å². The van der Waals surface area contributed by atoms with Gasteiger partial charge >= 0.3 is 0 Å². The summed E-state index contributed by atoms with van der Waals surface area (Å²) in [6.07, 6.45) is 0.481. The van der Waals surface area contributed by atoms with E-state index in [0.29, 0.717) is 6.29 Å². The van der Waals surface area contributed by atoms with Crippen molar-refractivity contribution in [2.75, 3.05) is 0 Å². The number of aliphatic imine (C=N–C) groups is 1. The molecule has 58 valence electrons. The van der Waals surface area contributed by atoms with Crippen LogP contribution >= 0.6 is 11.6 Å². The number of nitrogens with two attached hydrogens (primary N) is 1. The summed E-state index contributed by atoms with van der Waals surface area (Å²) >= 11 is 5.46. The summed E-state index contributed by atoms with van der Waals surface area (Å²) in [4.78, 5) is 14.0. The van der Waals surface area contributed by atoms with Gasteiger partial charge in [-0.15, -0.1) is 4.16 Å². The van der Waals surface area contributed by atoms with Crippen LogP contribution in [0.5, 0.6) is 0 Å². The van der Waals surface area contributed by atoms with Crippen molar-refractivity contribution >= 4 is 33.7 Å². The predicted octanol–water partition coefficient (Wildman–Crippen LogP) is -0.188. The molecule has 0 spiro atoms. The van der Waals surface area contributed by atoms with Gasteiger partial charge < -0.3 is 11.3 Å². The number of carbonyl (C=O) groups excluding carboxylic acids is 1. The number of rotatable bonds is 1. The molecule has 5 nitrogen and oxygen atoms in total. The molecule has 1 rings (SSSR count). The Kier molecular flexibility index (Phi) is 2.19. The zero-order chi connectivity index (χ0) is 8.43. The Morgan fingerprint density at radius 2 is 2.45 bits per heavy atom. The Morgan fingerprint density at radius 3 is 2.82 bits per heavy atom. The Hall–Kier alpha value is -0.970. The van der Waals surface area contributed by atoms with Crippen LogP contribution in [-0.4, -0.2) is 11.5 Å². The molecule has 0 saturated heterocycles. The van der Waals surface area contributed by atoms with Crippen LogP contribution in [0.2, 0.25) is 0 Å². The maximum Gasteiger partial charge on any atom is 0.265 e. The van der Waals surface area contributed by atoms with Crippen molar-refractivity contribution in [2.45, 2.75) is 0 Å². The first-order chi connectivity index (χ1) is 5.20. The highest BCUT2D eigenvalue weighted by atomic mass is 35.5. The molecule has 0 aromatic rings. The van der Waals surface area contributed by atoms with Crippen molar-refractivity contribution < 1.29 is 4.79 Å². The minimum atomic E-state index is -1.16. The second kappa shape index (κ2) is 2.96. The van der Waals surface area contributed by atoms with Crippen LogP contribution in [0.15, 0.2) is 15.1 Å². The van der Waals surface area contributed by atoms with Gasteiger partial charge in [0.05, 0.1) is 0 Å². The third-order valence-electron chi connectivity index (χ3n) is 1.01. The lowest BCUT2D eigenvalue weighted by Gasteiger charge is -1.82. The number of aldehydes is 1. The van der Waals surface area contributed by atoms with Crippen LogP contribution in [0.1, 0.15) is 0 Å². The van der Waals surface area contributed by atoms with Crippen molar-refractivity contribution in [2.24, 2.45) is 10.7 Å². The lowest BCUT2D eigenvalue weighted by molar-refractivity contribution is -0.104. The molecule has 0 aliphatic carbocycles. The number of nitrogens with zero attached hydrogens (tertiary/aromatic N) is 3. The summed E-state index contributed by atoms with van der Waals surface area (Å²) in [6.45, 7) is 0. The number of allylic oxidation sites excluding steroid dienone is 1. The molecule has 11 heavy (non-hydrogen) atoms. The topological polar surface area (TPSA) is 91.8 Å². The molecule has 0 saturated carbocycles. The van der Waals surface area contributed by atoms with Crippen LogP contribution in [0, 0.1) is 0 Å². The van der Waals surface area contributed by atoms with Gasteiger partial charge in [0.15, 0.2) is 16.3 Å². The number of hydrogen-bond acceptors (Lipinski definition) is 3. The maximum absolute atomic E-state index is 10.3. The van der Waals surface area contributed by atoms with E-state index in [-0.39, 0.29) is 15.2 Å². The molecular weight excluding hydrogens is 188 g/mol. The molecule has 0 radical (unpaired) electrons. The normalized spacial score (nSPS) is 23.0. The molecule has 2 N–H and O–H groups in total. The minimum absolute atomic E-state index is 0.00127. The van der Waals surface area contributed by atoms with Gasteiger partial charge in [-0.3, -0.25) is 4.79 Å². The van der Waals surface area contributed by atoms with Crippen LogP contribution in [-0.2, 0) is 15.5 Å². The minimum Gasteiger partial charge on any atom is -0.373 e. The van der Waals surface area contributed by atoms with Crippen molar-refractivity contribution in [1.29, 1.82) is 0 Å². The van der Waals surface area contributed by atoms with Gasteiger partial charge in [0.1, 0.15) is 0 Å². The number of halogens is 1. The smallest absolute Gasteiger partial charge is 0.265 e. The Morgan fingerprint density at radius 1 is 1.82 bits per heavy atom. The zero-order valence-corrected chi connectivity index (χ0v) is 6.76. The van der Waals surface area contributed by atoms with E-state index in [1.165, 1.54) is 0 Å². The highest BCUT2D eigenvalue weighted by molar-refractivity contribution is 8.06. The van der Waals surface area contributed by atoms with E-state index in [1.807, 2.05) is 0 Å². The summed E-state index contributed by atoms with van der Waals surface area (Å²) in [5, 5.41) is 0.0539. The van der Waals surface area contributed by atoms with Crippen LogP contribution < -0.4 is 9.89 Å². The third-order valence-corrected chi connectivity index (χ3v) is 2.76. The number of hydrogen-bond donors (Lipinski definition) is 1. The van der Waals surface area contributed by atoms with Gasteiger partial charge in [-0.1, -0.05) is 11.6 Å². The average molecular weight is 191 g/mol. The maximum atomic E-state index is 10.3. The first-order valence-corrected chi connectivity index (χ1v) is 4.05. The van der Waals surface area contributed by atoms with Crippen LogP contribution in [0.25, 0.3) is 5.53 Å². The monoisotopic (exact) mass is 190 g/mol. The zero-order valence-electron chi connectivity index (χ0n) is 5.19. The number of amidine groups is 1. The summed E-state index contributed by atoms with van der Waals surface area (Å²) in [5.41, 5.74) is 13.7. The van der Waals surface area contributed by atoms with Gasteiger partial charge in [0.2, 0.25) is 5.17 Å². The quantitative estimate of drug-likeness (QED) is 0.269. The molecule has 1 aliphatic rings. The highest BCUT2D eigenvalue weighted by Gasteiger charge is 2.27. The fourth-order valence-corrected chi connectivity index (χ4v) is 1.84. The van der Waals surface area contributed by atoms with Gasteiger partial charge in [-0.05, 0) is 0 Å². The standard InChI is InChI=1S/C4H3ClN4OS/c5-3-2(1-10)11(9-7)4(6)8-3/h1H,(H2,6,8). The molecule has 0 bridgehead atoms. The molecule has 1 aliphatic heterocycles. The first-order valence-electron chi connectivity index (χ1n) is 2.49. The summed E-state index contributed by atoms with van der Waals surface area (Å²) in [5.74, 6) is 0. The summed E-state index contributed by atoms with van der Waals surface area (Å²) in [6, 6.07) is 0. The predicted molar refractivity (Wildman–Crippen MR) is 43.4 cm³/mol. The Labute approximate surface area is 69.6 Å². The van der Waals surface area contributed by atoms with Gasteiger partial charge in [0.25, 0.3) is 10.7 Å². The molecule has 0 aromatic heterocycles. The fourth-order valence-electron chi connectivity index (χ4n) is 0.568. The van der Waals surface area contributed by atoms with E-state index in [1.54, 1.807) is 0 Å². The van der Waals surface area contributed by atoms with E-state index < -0.39 is 10.7 Å². The van der Waals surface area contributed by atoms with E-state index in [9.17, 15) is 4.79 Å². The molecule has 1 heterocycles. The fraction of sp³-hybridized carbons (Fsp3) is 0. The largest absolute Gasteiger partial charge is 0.373 e. The molecule has 1 unspecified atom stereocenters. The second-order valence-corrected chi connectivity index (χ2v) is 3.54. The molecule has 0 fully saturated rings. The Bertz CT molecular complexity index is 327. The molecule has 0 amide bonds. The second-order valence-electron chi connectivity index (χ2n) is 1.59. The molecule has 7 heteroatoms. The Balaban J connectivity index is 3.27. The number of carbonyl (C=O) groups is 1. The van der Waals surface area contributed by atoms with Gasteiger partial charge in [-0.25, -0.2) is 4.99 Å². The van der Waals surface area contributed by atoms with Gasteiger partial charge in [0, 0.05) is 0 Å². The van der Waals surface area contributed by atoms with E-state index >= 15 is 0 Å². The lowest BCUT2D eigenvalue weighted by atomic mass is 10.7. The summed E-state index contributed by atoms with van der Waals surface area (Å²) in [7, 11) is -1.16. The van der Waals surface area contributed by atoms with Gasteiger partial charge in [-0.2, -0.15) is 0 Å². The van der Waals surface area contributed by atoms with E-state index in [2.05, 4.69) is 9.15 Å². The van der Waals surface area contributed by atoms with Crippen molar-refractivity contribution in [3.63, 3.8) is 0 Å². The molecule has 0 aromatic carbocycles. The van der Waals surface area contributed by atoms with Crippen LogP contribution in [0.4, 0.5) is 0 Å². The average Bonchev–Trinajstić information content (AvgIpc) is 2.24. The molecular formula is C4H3ClN4OS. The third kappa shape index (κ3) is 1.23. The summed E-state index contributed by atoms with van der Waals surface area (Å²) < 4.78 is 2.87. The lowest BCUT2D eigenvalue weighted by Crippen LogP contribution is -2.17. The molecule has 1 atom stereocenters.